The fraction of sp³-hybridized carbons (Fsp3) is 0.100. The lowest BCUT2D eigenvalue weighted by molar-refractivity contribution is -0.644. The molecule has 7 rings (SSSR count). The topological polar surface area (TPSA) is 8.29 Å². The second-order valence-electron chi connectivity index (χ2n) is 9.04. The number of hydrogen-bond acceptors (Lipinski definition) is 0. The Kier molecular flexibility index (Phi) is 3.37. The molecule has 0 bridgehead atoms. The molecule has 3 aromatic heterocycles. The van der Waals surface area contributed by atoms with E-state index in [-0.39, 0.29) is 0 Å². The smallest absolute Gasteiger partial charge is 0.238 e. The van der Waals surface area contributed by atoms with Gasteiger partial charge in [0.1, 0.15) is 12.6 Å². The lowest BCUT2D eigenvalue weighted by Crippen LogP contribution is -2.29. The first-order valence-electron chi connectivity index (χ1n) is 11.2. The summed E-state index contributed by atoms with van der Waals surface area (Å²) in [6.45, 7) is 4.50. The van der Waals surface area contributed by atoms with Crippen LogP contribution in [0.2, 0.25) is 0 Å². The molecule has 32 heavy (non-hydrogen) atoms. The summed E-state index contributed by atoms with van der Waals surface area (Å²) in [7, 11) is 2.17. The van der Waals surface area contributed by atoms with Crippen molar-refractivity contribution in [3.05, 3.63) is 96.2 Å². The third-order valence-corrected chi connectivity index (χ3v) is 7.30. The highest BCUT2D eigenvalue weighted by atomic mass is 15.0. The Morgan fingerprint density at radius 2 is 1.53 bits per heavy atom. The maximum Gasteiger partial charge on any atom is 0.238 e. The number of hydrogen-bond donors (Lipinski definition) is 0. The summed E-state index contributed by atoms with van der Waals surface area (Å²) in [5.41, 5.74) is 10.4. The van der Waals surface area contributed by atoms with Gasteiger partial charge >= 0.3 is 0 Å². The van der Waals surface area contributed by atoms with Gasteiger partial charge in [-0.1, -0.05) is 60.7 Å². The van der Waals surface area contributed by atoms with Gasteiger partial charge in [0.2, 0.25) is 5.52 Å². The van der Waals surface area contributed by atoms with Gasteiger partial charge in [-0.25, -0.2) is 0 Å². The normalized spacial score (nSPS) is 12.2. The molecule has 7 aromatic rings. The number of benzene rings is 4. The third-order valence-electron chi connectivity index (χ3n) is 7.30. The minimum Gasteiger partial charge on any atom is -0.303 e. The van der Waals surface area contributed by atoms with Gasteiger partial charge in [0.05, 0.1) is 16.4 Å². The Bertz CT molecular complexity index is 1840. The van der Waals surface area contributed by atoms with E-state index in [0.29, 0.717) is 0 Å². The zero-order valence-electron chi connectivity index (χ0n) is 18.5. The van der Waals surface area contributed by atoms with Crippen LogP contribution in [-0.2, 0) is 7.05 Å². The van der Waals surface area contributed by atoms with Crippen molar-refractivity contribution < 1.29 is 4.57 Å². The van der Waals surface area contributed by atoms with E-state index < -0.39 is 0 Å². The molecule has 0 saturated heterocycles. The van der Waals surface area contributed by atoms with Crippen LogP contribution in [0.15, 0.2) is 85.1 Å². The predicted molar refractivity (Wildman–Crippen MR) is 135 cm³/mol. The highest BCUT2D eigenvalue weighted by Gasteiger charge is 2.24. The van der Waals surface area contributed by atoms with E-state index in [1.54, 1.807) is 0 Å². The van der Waals surface area contributed by atoms with Crippen LogP contribution < -0.4 is 4.57 Å². The first-order chi connectivity index (χ1) is 15.6. The lowest BCUT2D eigenvalue weighted by atomic mass is 9.94. The van der Waals surface area contributed by atoms with Crippen LogP contribution in [0.4, 0.5) is 0 Å². The van der Waals surface area contributed by atoms with Crippen LogP contribution in [0.3, 0.4) is 0 Å². The van der Waals surface area contributed by atoms with E-state index in [9.17, 15) is 0 Å². The molecule has 3 heterocycles. The lowest BCUT2D eigenvalue weighted by Gasteiger charge is -2.14. The fourth-order valence-electron chi connectivity index (χ4n) is 5.66. The SMILES string of the molecule is Cc1cc2cccc3c2c(c1C)c1c2c(cc[n+]1C)c1ccc(-c4ccccc4)cc1n32. The Morgan fingerprint density at radius 3 is 2.38 bits per heavy atom. The number of aryl methyl sites for hydroxylation is 3. The van der Waals surface area contributed by atoms with Crippen molar-refractivity contribution in [1.29, 1.82) is 0 Å². The van der Waals surface area contributed by atoms with Crippen molar-refractivity contribution >= 4 is 49.0 Å². The summed E-state index contributed by atoms with van der Waals surface area (Å²) in [5, 5.41) is 6.66. The van der Waals surface area contributed by atoms with Crippen LogP contribution in [0.25, 0.3) is 60.1 Å². The second-order valence-corrected chi connectivity index (χ2v) is 9.04. The molecule has 0 fully saturated rings. The number of aromatic nitrogens is 2. The van der Waals surface area contributed by atoms with Crippen molar-refractivity contribution in [3.8, 4) is 11.1 Å². The average Bonchev–Trinajstić information content (AvgIpc) is 3.15. The molecule has 0 saturated carbocycles. The Balaban J connectivity index is 1.81. The van der Waals surface area contributed by atoms with E-state index in [1.165, 1.54) is 71.3 Å². The minimum atomic E-state index is 1.25. The van der Waals surface area contributed by atoms with Gasteiger partial charge in [-0.3, -0.25) is 0 Å². The molecule has 4 aromatic carbocycles. The molecule has 0 unspecified atom stereocenters. The van der Waals surface area contributed by atoms with E-state index in [2.05, 4.69) is 115 Å². The van der Waals surface area contributed by atoms with Crippen LogP contribution in [0, 0.1) is 13.8 Å². The summed E-state index contributed by atoms with van der Waals surface area (Å²) in [5.74, 6) is 0. The summed E-state index contributed by atoms with van der Waals surface area (Å²) < 4.78 is 4.80. The number of nitrogens with zero attached hydrogens (tertiary/aromatic N) is 2. The highest BCUT2D eigenvalue weighted by molar-refractivity contribution is 6.26. The third kappa shape index (κ3) is 2.12. The molecule has 0 aliphatic heterocycles. The largest absolute Gasteiger partial charge is 0.303 e. The molecular weight excluding hydrogens is 388 g/mol. The number of rotatable bonds is 1. The number of pyridine rings is 2. The van der Waals surface area contributed by atoms with Crippen LogP contribution >= 0.6 is 0 Å². The van der Waals surface area contributed by atoms with Crippen molar-refractivity contribution in [1.82, 2.24) is 4.40 Å². The van der Waals surface area contributed by atoms with Crippen LogP contribution in [-0.4, -0.2) is 4.40 Å². The zero-order valence-corrected chi connectivity index (χ0v) is 18.5. The molecule has 152 valence electrons. The van der Waals surface area contributed by atoms with Crippen molar-refractivity contribution in [2.24, 2.45) is 7.05 Å². The zero-order chi connectivity index (χ0) is 21.6. The molecular formula is C30H23N2+. The molecule has 0 amide bonds. The van der Waals surface area contributed by atoms with E-state index >= 15 is 0 Å². The first-order valence-corrected chi connectivity index (χ1v) is 11.2. The first kappa shape index (κ1) is 17.7. The molecule has 0 aliphatic carbocycles. The maximum absolute atomic E-state index is 2.50. The highest BCUT2D eigenvalue weighted by Crippen LogP contribution is 2.41. The molecule has 2 heteroatoms. The van der Waals surface area contributed by atoms with E-state index in [0.717, 1.165) is 0 Å². The van der Waals surface area contributed by atoms with Gasteiger partial charge in [0.15, 0.2) is 6.20 Å². The summed E-state index contributed by atoms with van der Waals surface area (Å²) in [6, 6.07) is 28.9. The van der Waals surface area contributed by atoms with Crippen LogP contribution in [0.5, 0.6) is 0 Å². The molecule has 0 N–H and O–H groups in total. The number of fused-ring (bicyclic) bond motifs is 5. The van der Waals surface area contributed by atoms with Crippen molar-refractivity contribution in [2.75, 3.05) is 0 Å². The average molecular weight is 412 g/mol. The van der Waals surface area contributed by atoms with Gasteiger partial charge in [-0.05, 0) is 53.6 Å². The second kappa shape index (κ2) is 6.08. The quantitative estimate of drug-likeness (QED) is 0.155. The molecule has 0 radical (unpaired) electrons. The minimum absolute atomic E-state index is 1.25. The maximum atomic E-state index is 2.50. The summed E-state index contributed by atoms with van der Waals surface area (Å²) in [4.78, 5) is 0. The summed E-state index contributed by atoms with van der Waals surface area (Å²) in [6.07, 6.45) is 2.22. The molecule has 0 spiro atoms. The molecule has 2 nitrogen and oxygen atoms in total. The Labute approximate surface area is 186 Å². The van der Waals surface area contributed by atoms with Gasteiger partial charge in [0, 0.05) is 22.2 Å². The van der Waals surface area contributed by atoms with Crippen molar-refractivity contribution in [3.63, 3.8) is 0 Å². The molecule has 0 atom stereocenters. The van der Waals surface area contributed by atoms with E-state index in [1.807, 2.05) is 0 Å². The standard InChI is InChI=1S/C30H23N2/c1-18-16-22-10-7-11-25-28(22)27(19(18)2)30-29-24(14-15-31(30)3)23-13-12-21(17-26(23)32(25)29)20-8-5-4-6-9-20/h4-17H,1-3H3/q+1. The molecule has 0 aliphatic rings. The monoisotopic (exact) mass is 411 g/mol. The van der Waals surface area contributed by atoms with E-state index in [4.69, 9.17) is 0 Å². The fourth-order valence-corrected chi connectivity index (χ4v) is 5.66. The Hall–Kier alpha value is -3.91. The van der Waals surface area contributed by atoms with Gasteiger partial charge in [-0.15, -0.1) is 0 Å². The van der Waals surface area contributed by atoms with Gasteiger partial charge in [-0.2, -0.15) is 4.57 Å². The predicted octanol–water partition coefficient (Wildman–Crippen LogP) is 7.10. The Morgan fingerprint density at radius 1 is 0.688 bits per heavy atom. The van der Waals surface area contributed by atoms with Crippen LogP contribution in [0.1, 0.15) is 11.1 Å². The van der Waals surface area contributed by atoms with Crippen molar-refractivity contribution in [2.45, 2.75) is 13.8 Å². The van der Waals surface area contributed by atoms with Gasteiger partial charge in [0.25, 0.3) is 0 Å². The van der Waals surface area contributed by atoms with Gasteiger partial charge < -0.3 is 4.40 Å². The summed E-state index contributed by atoms with van der Waals surface area (Å²) >= 11 is 0.